The van der Waals surface area contributed by atoms with Crippen molar-refractivity contribution in [1.29, 1.82) is 0 Å². The fraction of sp³-hybridized carbons (Fsp3) is 0.467. The van der Waals surface area contributed by atoms with Gasteiger partial charge in [-0.1, -0.05) is 0 Å². The maximum atomic E-state index is 13.9. The lowest BCUT2D eigenvalue weighted by atomic mass is 10.2. The Kier molecular flexibility index (Phi) is 4.97. The highest BCUT2D eigenvalue weighted by Gasteiger charge is 2.34. The second-order valence-electron chi connectivity index (χ2n) is 5.33. The monoisotopic (exact) mass is 311 g/mol. The van der Waals surface area contributed by atoms with Crippen LogP contribution in [0.15, 0.2) is 18.2 Å². The van der Waals surface area contributed by atoms with E-state index in [1.807, 2.05) is 13.8 Å². The van der Waals surface area contributed by atoms with Crippen LogP contribution in [0.25, 0.3) is 0 Å². The van der Waals surface area contributed by atoms with Crippen molar-refractivity contribution >= 4 is 17.6 Å². The minimum Gasteiger partial charge on any atom is -0.491 e. The molecule has 0 spiro atoms. The van der Waals surface area contributed by atoms with Gasteiger partial charge >= 0.3 is 5.97 Å². The summed E-state index contributed by atoms with van der Waals surface area (Å²) < 4.78 is 24.4. The zero-order valence-corrected chi connectivity index (χ0v) is 12.3. The molecule has 1 amide bonds. The Hall–Kier alpha value is -2.15. The van der Waals surface area contributed by atoms with E-state index in [0.717, 1.165) is 0 Å². The third-order valence-corrected chi connectivity index (χ3v) is 3.16. The molecule has 2 atom stereocenters. The van der Waals surface area contributed by atoms with E-state index in [-0.39, 0.29) is 18.2 Å². The molecule has 0 unspecified atom stereocenters. The lowest BCUT2D eigenvalue weighted by Crippen LogP contribution is -2.30. The Morgan fingerprint density at radius 1 is 1.36 bits per heavy atom. The number of ether oxygens (including phenoxy) is 2. The van der Waals surface area contributed by atoms with Crippen molar-refractivity contribution in [2.24, 2.45) is 0 Å². The Morgan fingerprint density at radius 2 is 2.05 bits per heavy atom. The molecule has 120 valence electrons. The van der Waals surface area contributed by atoms with Gasteiger partial charge in [-0.3, -0.25) is 4.79 Å². The molecule has 2 N–H and O–H groups in total. The van der Waals surface area contributed by atoms with Crippen LogP contribution in [0.5, 0.6) is 5.75 Å². The van der Waals surface area contributed by atoms with Gasteiger partial charge in [0.15, 0.2) is 6.10 Å². The highest BCUT2D eigenvalue weighted by atomic mass is 19.1. The van der Waals surface area contributed by atoms with Crippen LogP contribution in [0.4, 0.5) is 10.1 Å². The highest BCUT2D eigenvalue weighted by Crippen LogP contribution is 2.24. The molecule has 0 saturated carbocycles. The average Bonchev–Trinajstić information content (AvgIpc) is 2.91. The summed E-state index contributed by atoms with van der Waals surface area (Å²) in [6.07, 6.45) is -1.40. The molecule has 6 nitrogen and oxygen atoms in total. The number of aliphatic carboxylic acids is 1. The summed E-state index contributed by atoms with van der Waals surface area (Å²) in [4.78, 5) is 22.7. The Balaban J connectivity index is 1.99. The van der Waals surface area contributed by atoms with Gasteiger partial charge in [0.05, 0.1) is 11.8 Å². The normalized spacial score (nSPS) is 20.9. The number of nitrogens with one attached hydrogen (secondary N) is 1. The summed E-state index contributed by atoms with van der Waals surface area (Å²) in [6, 6.07) is 4.13. The van der Waals surface area contributed by atoms with Crippen LogP contribution in [-0.2, 0) is 14.3 Å². The number of benzene rings is 1. The number of anilines is 1. The van der Waals surface area contributed by atoms with Crippen molar-refractivity contribution in [1.82, 2.24) is 0 Å². The number of halogens is 1. The van der Waals surface area contributed by atoms with E-state index < -0.39 is 29.9 Å². The molecule has 1 aromatic rings. The summed E-state index contributed by atoms with van der Waals surface area (Å²) >= 11 is 0. The van der Waals surface area contributed by atoms with Crippen molar-refractivity contribution < 1.29 is 28.6 Å². The van der Waals surface area contributed by atoms with E-state index in [0.29, 0.717) is 12.2 Å². The van der Waals surface area contributed by atoms with Crippen LogP contribution in [0.3, 0.4) is 0 Å². The minimum absolute atomic E-state index is 0.00322. The highest BCUT2D eigenvalue weighted by molar-refractivity contribution is 5.94. The first-order valence-corrected chi connectivity index (χ1v) is 7.02. The SMILES string of the molecule is CC(C)Oc1ccc(NC(=O)[C@@H]2CC[C@H](C(=O)O)O2)c(F)c1. The van der Waals surface area contributed by atoms with Crippen LogP contribution in [0.2, 0.25) is 0 Å². The summed E-state index contributed by atoms with van der Waals surface area (Å²) in [5.74, 6) is -1.91. The number of hydrogen-bond acceptors (Lipinski definition) is 4. The van der Waals surface area contributed by atoms with Gasteiger partial charge in [0, 0.05) is 6.07 Å². The number of hydrogen-bond donors (Lipinski definition) is 2. The van der Waals surface area contributed by atoms with Crippen LogP contribution < -0.4 is 10.1 Å². The predicted molar refractivity (Wildman–Crippen MR) is 76.3 cm³/mol. The molecule has 7 heteroatoms. The van der Waals surface area contributed by atoms with Gasteiger partial charge in [0.1, 0.15) is 17.7 Å². The number of carbonyl (C=O) groups excluding carboxylic acids is 1. The lowest BCUT2D eigenvalue weighted by molar-refractivity contribution is -0.150. The molecule has 1 saturated heterocycles. The van der Waals surface area contributed by atoms with Crippen molar-refractivity contribution in [3.8, 4) is 5.75 Å². The van der Waals surface area contributed by atoms with Crippen LogP contribution in [0.1, 0.15) is 26.7 Å². The summed E-state index contributed by atoms with van der Waals surface area (Å²) in [5, 5.41) is 11.2. The summed E-state index contributed by atoms with van der Waals surface area (Å²) in [5.41, 5.74) is 0.00322. The quantitative estimate of drug-likeness (QED) is 0.870. The van der Waals surface area contributed by atoms with Gasteiger partial charge in [-0.15, -0.1) is 0 Å². The third kappa shape index (κ3) is 3.94. The molecular weight excluding hydrogens is 293 g/mol. The predicted octanol–water partition coefficient (Wildman–Crippen LogP) is 2.18. The van der Waals surface area contributed by atoms with Gasteiger partial charge in [0.25, 0.3) is 5.91 Å². The topological polar surface area (TPSA) is 84.9 Å². The second kappa shape index (κ2) is 6.74. The van der Waals surface area contributed by atoms with Gasteiger partial charge in [-0.05, 0) is 38.8 Å². The molecule has 1 aliphatic rings. The lowest BCUT2D eigenvalue weighted by Gasteiger charge is -2.14. The minimum atomic E-state index is -1.10. The molecule has 0 aromatic heterocycles. The van der Waals surface area contributed by atoms with E-state index in [2.05, 4.69) is 5.32 Å². The van der Waals surface area contributed by atoms with Gasteiger partial charge in [-0.25, -0.2) is 9.18 Å². The molecule has 0 aliphatic carbocycles. The van der Waals surface area contributed by atoms with Crippen LogP contribution in [-0.4, -0.2) is 35.3 Å². The molecule has 1 aromatic carbocycles. The smallest absolute Gasteiger partial charge is 0.332 e. The first kappa shape index (κ1) is 16.2. The molecule has 22 heavy (non-hydrogen) atoms. The zero-order valence-electron chi connectivity index (χ0n) is 12.3. The standard InChI is InChI=1S/C15H18FNO5/c1-8(2)21-9-3-4-11(10(16)7-9)17-14(18)12-5-6-13(22-12)15(19)20/h3-4,7-8,12-13H,5-6H2,1-2H3,(H,17,18)(H,19,20)/t12-,13+/m0/s1. The molecule has 1 heterocycles. The van der Waals surface area contributed by atoms with E-state index in [1.54, 1.807) is 6.07 Å². The molecule has 2 rings (SSSR count). The molecule has 0 bridgehead atoms. The number of rotatable bonds is 5. The summed E-state index contributed by atoms with van der Waals surface area (Å²) in [7, 11) is 0. The molecule has 1 fully saturated rings. The summed E-state index contributed by atoms with van der Waals surface area (Å²) in [6.45, 7) is 3.65. The van der Waals surface area contributed by atoms with Crippen molar-refractivity contribution in [2.75, 3.05) is 5.32 Å². The zero-order chi connectivity index (χ0) is 16.3. The third-order valence-electron chi connectivity index (χ3n) is 3.16. The first-order valence-electron chi connectivity index (χ1n) is 7.02. The van der Waals surface area contributed by atoms with Gasteiger partial charge in [-0.2, -0.15) is 0 Å². The van der Waals surface area contributed by atoms with E-state index in [1.165, 1.54) is 12.1 Å². The number of carboxylic acid groups (broad SMARTS) is 1. The fourth-order valence-electron chi connectivity index (χ4n) is 2.17. The molecule has 1 aliphatic heterocycles. The fourth-order valence-corrected chi connectivity index (χ4v) is 2.17. The van der Waals surface area contributed by atoms with E-state index >= 15 is 0 Å². The van der Waals surface area contributed by atoms with Crippen LogP contribution in [0, 0.1) is 5.82 Å². The number of carbonyl (C=O) groups is 2. The number of carboxylic acids is 1. The van der Waals surface area contributed by atoms with Crippen molar-refractivity contribution in [3.05, 3.63) is 24.0 Å². The first-order chi connectivity index (χ1) is 10.4. The van der Waals surface area contributed by atoms with Gasteiger partial charge in [0.2, 0.25) is 0 Å². The van der Waals surface area contributed by atoms with Crippen molar-refractivity contribution in [2.45, 2.75) is 45.0 Å². The molecular formula is C15H18FNO5. The molecule has 0 radical (unpaired) electrons. The largest absolute Gasteiger partial charge is 0.491 e. The van der Waals surface area contributed by atoms with Gasteiger partial charge < -0.3 is 19.9 Å². The van der Waals surface area contributed by atoms with E-state index in [9.17, 15) is 14.0 Å². The Labute approximate surface area is 127 Å². The number of amides is 1. The Bertz CT molecular complexity index is 575. The van der Waals surface area contributed by atoms with Crippen LogP contribution >= 0.6 is 0 Å². The second-order valence-corrected chi connectivity index (χ2v) is 5.33. The van der Waals surface area contributed by atoms with E-state index in [4.69, 9.17) is 14.6 Å². The average molecular weight is 311 g/mol. The maximum Gasteiger partial charge on any atom is 0.332 e. The van der Waals surface area contributed by atoms with Crippen molar-refractivity contribution in [3.63, 3.8) is 0 Å². The maximum absolute atomic E-state index is 13.9. The Morgan fingerprint density at radius 3 is 2.59 bits per heavy atom.